The van der Waals surface area contributed by atoms with E-state index in [1.54, 1.807) is 55.1 Å². The number of piperidine rings is 1. The Bertz CT molecular complexity index is 1050. The standard InChI is InChI=1S/C25H31N3O6/c1-25(2,33)14-26-22(30)16-8-6-15(7-9-16)13-34-20-5-3-4-17-18(20)12-28(24(17)32)19-10-11-21(29)27-23(19)31/h3-9,19,21,23,27,29,31,33H,10-14H2,1-2H3,(H,26,30). The van der Waals surface area contributed by atoms with Crippen molar-refractivity contribution in [2.24, 2.45) is 0 Å². The van der Waals surface area contributed by atoms with Crippen molar-refractivity contribution in [2.45, 2.75) is 63.9 Å². The maximum Gasteiger partial charge on any atom is 0.255 e. The van der Waals surface area contributed by atoms with E-state index in [9.17, 15) is 24.9 Å². The van der Waals surface area contributed by atoms with Crippen LogP contribution in [0.2, 0.25) is 0 Å². The molecule has 2 amide bonds. The van der Waals surface area contributed by atoms with E-state index in [-0.39, 0.29) is 25.0 Å². The molecule has 1 fully saturated rings. The fourth-order valence-corrected chi connectivity index (χ4v) is 4.25. The van der Waals surface area contributed by atoms with Gasteiger partial charge in [0.1, 0.15) is 24.8 Å². The van der Waals surface area contributed by atoms with Crippen molar-refractivity contribution in [2.75, 3.05) is 6.54 Å². The third-order valence-corrected chi connectivity index (χ3v) is 6.11. The highest BCUT2D eigenvalue weighted by atomic mass is 16.5. The molecule has 2 aliphatic rings. The summed E-state index contributed by atoms with van der Waals surface area (Å²) >= 11 is 0. The molecule has 9 heteroatoms. The number of amides is 2. The van der Waals surface area contributed by atoms with E-state index in [4.69, 9.17) is 4.74 Å². The molecule has 2 heterocycles. The Balaban J connectivity index is 1.40. The molecule has 34 heavy (non-hydrogen) atoms. The van der Waals surface area contributed by atoms with Crippen LogP contribution in [0.3, 0.4) is 0 Å². The maximum absolute atomic E-state index is 13.0. The second-order valence-corrected chi connectivity index (χ2v) is 9.47. The molecule has 0 saturated carbocycles. The average molecular weight is 470 g/mol. The summed E-state index contributed by atoms with van der Waals surface area (Å²) in [6.45, 7) is 3.99. The van der Waals surface area contributed by atoms with Crippen molar-refractivity contribution >= 4 is 11.8 Å². The molecule has 0 aliphatic carbocycles. The van der Waals surface area contributed by atoms with Crippen molar-refractivity contribution < 1.29 is 29.6 Å². The Labute approximate surface area is 198 Å². The van der Waals surface area contributed by atoms with Gasteiger partial charge in [-0.15, -0.1) is 0 Å². The van der Waals surface area contributed by atoms with Crippen LogP contribution in [0.25, 0.3) is 0 Å². The van der Waals surface area contributed by atoms with E-state index in [2.05, 4.69) is 10.6 Å². The Kier molecular flexibility index (Phi) is 6.90. The minimum atomic E-state index is -0.995. The first-order valence-corrected chi connectivity index (χ1v) is 11.4. The van der Waals surface area contributed by atoms with Gasteiger partial charge in [-0.1, -0.05) is 18.2 Å². The minimum absolute atomic E-state index is 0.153. The highest BCUT2D eigenvalue weighted by Crippen LogP contribution is 2.34. The zero-order valence-electron chi connectivity index (χ0n) is 19.3. The van der Waals surface area contributed by atoms with Crippen LogP contribution in [0.4, 0.5) is 0 Å². The molecule has 0 radical (unpaired) electrons. The molecule has 5 N–H and O–H groups in total. The van der Waals surface area contributed by atoms with Gasteiger partial charge in [0.25, 0.3) is 11.8 Å². The van der Waals surface area contributed by atoms with Gasteiger partial charge >= 0.3 is 0 Å². The largest absolute Gasteiger partial charge is 0.489 e. The summed E-state index contributed by atoms with van der Waals surface area (Å²) in [5.74, 6) is 0.170. The van der Waals surface area contributed by atoms with Crippen molar-refractivity contribution in [1.82, 2.24) is 15.5 Å². The van der Waals surface area contributed by atoms with Gasteiger partial charge in [-0.25, -0.2) is 0 Å². The highest BCUT2D eigenvalue weighted by Gasteiger charge is 2.40. The summed E-state index contributed by atoms with van der Waals surface area (Å²) in [7, 11) is 0. The van der Waals surface area contributed by atoms with E-state index in [1.807, 2.05) is 6.07 Å². The molecule has 0 aromatic heterocycles. The number of rotatable bonds is 7. The van der Waals surface area contributed by atoms with E-state index >= 15 is 0 Å². The van der Waals surface area contributed by atoms with Gasteiger partial charge < -0.3 is 30.3 Å². The Morgan fingerprint density at radius 3 is 2.59 bits per heavy atom. The summed E-state index contributed by atoms with van der Waals surface area (Å²) in [6, 6.07) is 11.9. The number of hydrogen-bond donors (Lipinski definition) is 5. The van der Waals surface area contributed by atoms with Gasteiger partial charge in [0, 0.05) is 23.2 Å². The smallest absolute Gasteiger partial charge is 0.255 e. The van der Waals surface area contributed by atoms with Crippen molar-refractivity contribution in [3.05, 3.63) is 64.7 Å². The van der Waals surface area contributed by atoms with Gasteiger partial charge in [0.05, 0.1) is 18.2 Å². The lowest BCUT2D eigenvalue weighted by Crippen LogP contribution is -2.56. The number of nitrogens with zero attached hydrogens (tertiary/aromatic N) is 1. The van der Waals surface area contributed by atoms with Crippen LogP contribution in [0.15, 0.2) is 42.5 Å². The number of carbonyl (C=O) groups excluding carboxylic acids is 2. The molecule has 2 aliphatic heterocycles. The second kappa shape index (κ2) is 9.71. The number of carbonyl (C=O) groups is 2. The number of fused-ring (bicyclic) bond motifs is 1. The normalized spacial score (nSPS) is 22.4. The molecule has 182 valence electrons. The van der Waals surface area contributed by atoms with Gasteiger partial charge in [-0.3, -0.25) is 14.9 Å². The molecular formula is C25H31N3O6. The number of hydrogen-bond acceptors (Lipinski definition) is 7. The summed E-state index contributed by atoms with van der Waals surface area (Å²) in [5.41, 5.74) is 1.69. The summed E-state index contributed by atoms with van der Waals surface area (Å²) in [5, 5.41) is 35.1. The van der Waals surface area contributed by atoms with E-state index in [0.29, 0.717) is 36.3 Å². The predicted octanol–water partition coefficient (Wildman–Crippen LogP) is 1.11. The second-order valence-electron chi connectivity index (χ2n) is 9.47. The third-order valence-electron chi connectivity index (χ3n) is 6.11. The SMILES string of the molecule is CC(C)(O)CNC(=O)c1ccc(COc2cccc3c2CN(C2CCC(O)NC2O)C3=O)cc1. The van der Waals surface area contributed by atoms with Gasteiger partial charge in [0.15, 0.2) is 0 Å². The molecule has 1 saturated heterocycles. The molecule has 4 rings (SSSR count). The zero-order valence-corrected chi connectivity index (χ0v) is 19.3. The van der Waals surface area contributed by atoms with Crippen molar-refractivity contribution in [3.8, 4) is 5.75 Å². The van der Waals surface area contributed by atoms with Crippen LogP contribution in [-0.2, 0) is 13.2 Å². The van der Waals surface area contributed by atoms with Crippen LogP contribution in [0.1, 0.15) is 58.5 Å². The topological polar surface area (TPSA) is 131 Å². The van der Waals surface area contributed by atoms with Crippen molar-refractivity contribution in [1.29, 1.82) is 0 Å². The fourth-order valence-electron chi connectivity index (χ4n) is 4.25. The van der Waals surface area contributed by atoms with Crippen LogP contribution in [0.5, 0.6) is 5.75 Å². The summed E-state index contributed by atoms with van der Waals surface area (Å²) in [4.78, 5) is 26.8. The number of ether oxygens (including phenoxy) is 1. The van der Waals surface area contributed by atoms with Gasteiger partial charge in [0.2, 0.25) is 0 Å². The molecule has 0 spiro atoms. The fraction of sp³-hybridized carbons (Fsp3) is 0.440. The lowest BCUT2D eigenvalue weighted by molar-refractivity contribution is -0.0478. The van der Waals surface area contributed by atoms with E-state index < -0.39 is 24.1 Å². The quantitative estimate of drug-likeness (QED) is 0.411. The predicted molar refractivity (Wildman–Crippen MR) is 124 cm³/mol. The minimum Gasteiger partial charge on any atom is -0.489 e. The molecule has 0 bridgehead atoms. The molecule has 3 atom stereocenters. The van der Waals surface area contributed by atoms with Crippen LogP contribution < -0.4 is 15.4 Å². The lowest BCUT2D eigenvalue weighted by Gasteiger charge is -2.37. The first-order chi connectivity index (χ1) is 16.1. The van der Waals surface area contributed by atoms with Crippen LogP contribution in [0, 0.1) is 0 Å². The first kappa shape index (κ1) is 24.2. The summed E-state index contributed by atoms with van der Waals surface area (Å²) in [6.07, 6.45) is -0.812. The third kappa shape index (κ3) is 5.39. The molecular weight excluding hydrogens is 438 g/mol. The average Bonchev–Trinajstić information content (AvgIpc) is 3.13. The Morgan fingerprint density at radius 2 is 1.91 bits per heavy atom. The molecule has 3 unspecified atom stereocenters. The zero-order chi connectivity index (χ0) is 24.5. The van der Waals surface area contributed by atoms with Gasteiger partial charge in [-0.2, -0.15) is 0 Å². The van der Waals surface area contributed by atoms with E-state index in [0.717, 1.165) is 11.1 Å². The van der Waals surface area contributed by atoms with Gasteiger partial charge in [-0.05, 0) is 56.5 Å². The number of benzene rings is 2. The van der Waals surface area contributed by atoms with E-state index in [1.165, 1.54) is 0 Å². The summed E-state index contributed by atoms with van der Waals surface area (Å²) < 4.78 is 6.02. The molecule has 9 nitrogen and oxygen atoms in total. The Morgan fingerprint density at radius 1 is 1.18 bits per heavy atom. The molecule has 2 aromatic rings. The number of aliphatic hydroxyl groups is 3. The Hall–Kier alpha value is -2.98. The number of aliphatic hydroxyl groups excluding tert-OH is 2. The van der Waals surface area contributed by atoms with Crippen molar-refractivity contribution in [3.63, 3.8) is 0 Å². The first-order valence-electron chi connectivity index (χ1n) is 11.4. The number of nitrogens with one attached hydrogen (secondary N) is 2. The monoisotopic (exact) mass is 469 g/mol. The highest BCUT2D eigenvalue weighted by molar-refractivity contribution is 5.99. The maximum atomic E-state index is 13.0. The van der Waals surface area contributed by atoms with Crippen LogP contribution >= 0.6 is 0 Å². The lowest BCUT2D eigenvalue weighted by atomic mass is 10.0. The van der Waals surface area contributed by atoms with Crippen LogP contribution in [-0.4, -0.2) is 62.7 Å². The molecule has 2 aromatic carbocycles.